The normalized spacial score (nSPS) is 14.5. The van der Waals surface area contributed by atoms with E-state index in [1.54, 1.807) is 45.0 Å². The fourth-order valence-electron chi connectivity index (χ4n) is 3.77. The second kappa shape index (κ2) is 8.76. The molecule has 3 aromatic rings. The molecule has 0 saturated carbocycles. The standard InChI is InChI=1S/C23H19ClN6O5/c1-12-5-6-16(9-20(12)24)28-23(31)19(14(3)26-28)11-18-13(2)25-27(15(18)4)21-8-7-17(29(32)33)10-22(21)30(34)35/h5-11H,1-4H3/b19-11+. The lowest BCUT2D eigenvalue weighted by atomic mass is 10.1. The summed E-state index contributed by atoms with van der Waals surface area (Å²) >= 11 is 6.21. The van der Waals surface area contributed by atoms with Gasteiger partial charge >= 0.3 is 5.69 Å². The van der Waals surface area contributed by atoms with Crippen molar-refractivity contribution >= 4 is 46.4 Å². The number of anilines is 1. The van der Waals surface area contributed by atoms with E-state index in [0.717, 1.165) is 11.6 Å². The van der Waals surface area contributed by atoms with Crippen LogP contribution >= 0.6 is 11.6 Å². The number of nitro benzene ring substituents is 2. The van der Waals surface area contributed by atoms with Crippen LogP contribution in [0, 0.1) is 41.0 Å². The maximum atomic E-state index is 13.2. The summed E-state index contributed by atoms with van der Waals surface area (Å²) in [6.45, 7) is 6.96. The molecule has 12 heteroatoms. The van der Waals surface area contributed by atoms with Crippen LogP contribution in [0.2, 0.25) is 5.02 Å². The molecule has 2 heterocycles. The number of nitro groups is 2. The predicted octanol–water partition coefficient (Wildman–Crippen LogP) is 5.07. The van der Waals surface area contributed by atoms with E-state index >= 15 is 0 Å². The number of carbonyl (C=O) groups is 1. The SMILES string of the molecule is CC1=NN(c2ccc(C)c(Cl)c2)C(=O)/C1=C/c1c(C)nn(-c2ccc([N+](=O)[O-])cc2[N+](=O)[O-])c1C. The van der Waals surface area contributed by atoms with Crippen LogP contribution in [0.3, 0.4) is 0 Å². The van der Waals surface area contributed by atoms with Crippen molar-refractivity contribution in [1.82, 2.24) is 9.78 Å². The van der Waals surface area contributed by atoms with Gasteiger partial charge in [0.1, 0.15) is 5.69 Å². The molecule has 4 rings (SSSR count). The van der Waals surface area contributed by atoms with Gasteiger partial charge < -0.3 is 0 Å². The molecule has 0 spiro atoms. The first-order valence-electron chi connectivity index (χ1n) is 10.4. The van der Waals surface area contributed by atoms with Crippen molar-refractivity contribution in [3.8, 4) is 5.69 Å². The molecule has 178 valence electrons. The van der Waals surface area contributed by atoms with Gasteiger partial charge in [0.05, 0.1) is 38.6 Å². The van der Waals surface area contributed by atoms with Crippen LogP contribution in [0.1, 0.15) is 29.4 Å². The van der Waals surface area contributed by atoms with Gasteiger partial charge in [-0.15, -0.1) is 0 Å². The average molecular weight is 495 g/mol. The number of nitrogens with zero attached hydrogens (tertiary/aromatic N) is 6. The molecule has 0 atom stereocenters. The van der Waals surface area contributed by atoms with E-state index in [1.807, 2.05) is 6.92 Å². The van der Waals surface area contributed by atoms with Crippen LogP contribution in [0.4, 0.5) is 17.1 Å². The molecule has 1 aliphatic heterocycles. The first kappa shape index (κ1) is 23.8. The van der Waals surface area contributed by atoms with Crippen LogP contribution in [-0.4, -0.2) is 31.2 Å². The van der Waals surface area contributed by atoms with Crippen molar-refractivity contribution in [3.05, 3.63) is 89.7 Å². The van der Waals surface area contributed by atoms with Crippen molar-refractivity contribution < 1.29 is 14.6 Å². The number of hydrogen-bond donors (Lipinski definition) is 0. The number of hydrazone groups is 1. The van der Waals surface area contributed by atoms with Crippen molar-refractivity contribution in [2.75, 3.05) is 5.01 Å². The summed E-state index contributed by atoms with van der Waals surface area (Å²) in [6, 6.07) is 8.57. The largest absolute Gasteiger partial charge is 0.301 e. The average Bonchev–Trinajstić information content (AvgIpc) is 3.25. The molecular formula is C23H19ClN6O5. The van der Waals surface area contributed by atoms with E-state index in [-0.39, 0.29) is 11.6 Å². The van der Waals surface area contributed by atoms with Crippen molar-refractivity contribution in [2.24, 2.45) is 5.10 Å². The van der Waals surface area contributed by atoms with Crippen LogP contribution in [0.25, 0.3) is 11.8 Å². The smallest absolute Gasteiger partial charge is 0.267 e. The molecule has 0 fully saturated rings. The number of non-ortho nitro benzene ring substituents is 1. The number of halogens is 1. The van der Waals surface area contributed by atoms with Crippen molar-refractivity contribution in [2.45, 2.75) is 27.7 Å². The van der Waals surface area contributed by atoms with Gasteiger partial charge in [-0.1, -0.05) is 17.7 Å². The molecule has 1 aromatic heterocycles. The van der Waals surface area contributed by atoms with Gasteiger partial charge in [-0.3, -0.25) is 25.0 Å². The maximum Gasteiger partial charge on any atom is 0.301 e. The Morgan fingerprint density at radius 3 is 2.34 bits per heavy atom. The van der Waals surface area contributed by atoms with Gasteiger partial charge in [-0.25, -0.2) is 4.68 Å². The summed E-state index contributed by atoms with van der Waals surface area (Å²) < 4.78 is 1.34. The van der Waals surface area contributed by atoms with E-state index in [2.05, 4.69) is 10.2 Å². The highest BCUT2D eigenvalue weighted by molar-refractivity contribution is 6.33. The molecule has 0 aliphatic carbocycles. The van der Waals surface area contributed by atoms with Gasteiger partial charge in [-0.2, -0.15) is 15.2 Å². The van der Waals surface area contributed by atoms with E-state index in [0.29, 0.717) is 38.9 Å². The molecule has 1 aliphatic rings. The minimum atomic E-state index is -0.700. The Morgan fingerprint density at radius 2 is 1.71 bits per heavy atom. The number of aryl methyl sites for hydroxylation is 2. The quantitative estimate of drug-likeness (QED) is 0.275. The first-order valence-corrected chi connectivity index (χ1v) is 10.7. The fourth-order valence-corrected chi connectivity index (χ4v) is 3.94. The maximum absolute atomic E-state index is 13.2. The molecule has 0 radical (unpaired) electrons. The second-order valence-corrected chi connectivity index (χ2v) is 8.38. The molecule has 0 unspecified atom stereocenters. The van der Waals surface area contributed by atoms with Gasteiger partial charge in [0.15, 0.2) is 0 Å². The number of aromatic nitrogens is 2. The zero-order valence-electron chi connectivity index (χ0n) is 19.1. The van der Waals surface area contributed by atoms with E-state index in [1.165, 1.54) is 21.8 Å². The fraction of sp³-hybridized carbons (Fsp3) is 0.174. The summed E-state index contributed by atoms with van der Waals surface area (Å²) in [7, 11) is 0. The third-order valence-corrected chi connectivity index (χ3v) is 6.10. The van der Waals surface area contributed by atoms with Gasteiger partial charge in [0.25, 0.3) is 11.6 Å². The molecule has 2 aromatic carbocycles. The lowest BCUT2D eigenvalue weighted by molar-refractivity contribution is -0.394. The topological polar surface area (TPSA) is 137 Å². The zero-order chi connectivity index (χ0) is 25.6. The van der Waals surface area contributed by atoms with Gasteiger partial charge in [0, 0.05) is 22.3 Å². The first-order chi connectivity index (χ1) is 16.5. The number of hydrogen-bond acceptors (Lipinski definition) is 7. The van der Waals surface area contributed by atoms with Gasteiger partial charge in [-0.05, 0) is 57.5 Å². The van der Waals surface area contributed by atoms with Crippen LogP contribution in [0.5, 0.6) is 0 Å². The predicted molar refractivity (Wildman–Crippen MR) is 131 cm³/mol. The number of amides is 1. The van der Waals surface area contributed by atoms with Crippen molar-refractivity contribution in [1.29, 1.82) is 0 Å². The summed E-state index contributed by atoms with van der Waals surface area (Å²) in [6.07, 6.45) is 1.64. The Balaban J connectivity index is 1.77. The van der Waals surface area contributed by atoms with E-state index in [4.69, 9.17) is 11.6 Å². The Labute approximate surface area is 204 Å². The number of rotatable bonds is 5. The lowest BCUT2D eigenvalue weighted by Crippen LogP contribution is -2.21. The van der Waals surface area contributed by atoms with Crippen LogP contribution < -0.4 is 5.01 Å². The summed E-state index contributed by atoms with van der Waals surface area (Å²) in [5, 5.41) is 33.2. The van der Waals surface area contributed by atoms with Crippen molar-refractivity contribution in [3.63, 3.8) is 0 Å². The Kier molecular flexibility index (Phi) is 5.95. The molecule has 0 bridgehead atoms. The lowest BCUT2D eigenvalue weighted by Gasteiger charge is -2.12. The molecular weight excluding hydrogens is 476 g/mol. The highest BCUT2D eigenvalue weighted by atomic mass is 35.5. The van der Waals surface area contributed by atoms with E-state index < -0.39 is 21.2 Å². The molecule has 1 amide bonds. The Morgan fingerprint density at radius 1 is 1.00 bits per heavy atom. The molecule has 11 nitrogen and oxygen atoms in total. The monoisotopic (exact) mass is 494 g/mol. The highest BCUT2D eigenvalue weighted by Crippen LogP contribution is 2.32. The van der Waals surface area contributed by atoms with E-state index in [9.17, 15) is 25.0 Å². The zero-order valence-corrected chi connectivity index (χ0v) is 19.9. The number of carbonyl (C=O) groups excluding carboxylic acids is 1. The molecule has 0 N–H and O–H groups in total. The van der Waals surface area contributed by atoms with Crippen LogP contribution in [-0.2, 0) is 4.79 Å². The third kappa shape index (κ3) is 4.17. The molecule has 35 heavy (non-hydrogen) atoms. The second-order valence-electron chi connectivity index (χ2n) is 7.98. The summed E-state index contributed by atoms with van der Waals surface area (Å²) in [5.41, 5.74) is 3.06. The highest BCUT2D eigenvalue weighted by Gasteiger charge is 2.30. The van der Waals surface area contributed by atoms with Gasteiger partial charge in [0.2, 0.25) is 0 Å². The summed E-state index contributed by atoms with van der Waals surface area (Å²) in [4.78, 5) is 34.5. The molecule has 0 saturated heterocycles. The Hall–Kier alpha value is -4.38. The third-order valence-electron chi connectivity index (χ3n) is 5.69. The summed E-state index contributed by atoms with van der Waals surface area (Å²) in [5.74, 6) is -0.352. The number of benzene rings is 2. The van der Waals surface area contributed by atoms with Crippen LogP contribution in [0.15, 0.2) is 47.1 Å². The minimum absolute atomic E-state index is 0.0740. The minimum Gasteiger partial charge on any atom is -0.267 e. The Bertz CT molecular complexity index is 1490.